The summed E-state index contributed by atoms with van der Waals surface area (Å²) < 4.78 is 0. The van der Waals surface area contributed by atoms with Crippen LogP contribution in [0.2, 0.25) is 0 Å². The summed E-state index contributed by atoms with van der Waals surface area (Å²) >= 11 is 0. The lowest BCUT2D eigenvalue weighted by molar-refractivity contribution is -0.138. The van der Waals surface area contributed by atoms with E-state index in [-0.39, 0.29) is 35.3 Å². The van der Waals surface area contributed by atoms with Crippen molar-refractivity contribution in [3.8, 4) is 0 Å². The first kappa shape index (κ1) is 16.4. The fourth-order valence-corrected chi connectivity index (χ4v) is 5.94. The highest BCUT2D eigenvalue weighted by Gasteiger charge is 2.68. The second kappa shape index (κ2) is 5.15. The Labute approximate surface area is 156 Å². The van der Waals surface area contributed by atoms with Gasteiger partial charge in [0.25, 0.3) is 5.91 Å². The average molecular weight is 364 g/mol. The first-order valence-corrected chi connectivity index (χ1v) is 9.28. The van der Waals surface area contributed by atoms with Gasteiger partial charge in [-0.2, -0.15) is 0 Å². The summed E-state index contributed by atoms with van der Waals surface area (Å²) in [6.45, 7) is 1.88. The molecule has 3 fully saturated rings. The maximum absolute atomic E-state index is 13.4. The third-order valence-corrected chi connectivity index (χ3v) is 7.09. The number of rotatable bonds is 1. The van der Waals surface area contributed by atoms with Crippen molar-refractivity contribution in [1.82, 2.24) is 9.80 Å². The number of allylic oxidation sites excluding steroid dienone is 1. The SMILES string of the molecule is C[C@H]1[C@H]2C(=O)C(c3ccccc3)=C3C(=O)N(C)[C@H]([C@H]32)[C@H]2C(=O)N(C)C(=O)[C@@H]12. The Morgan fingerprint density at radius 1 is 0.815 bits per heavy atom. The summed E-state index contributed by atoms with van der Waals surface area (Å²) in [4.78, 5) is 54.9. The number of carbonyl (C=O) groups excluding carboxylic acids is 4. The van der Waals surface area contributed by atoms with Crippen molar-refractivity contribution in [2.24, 2.45) is 29.6 Å². The quantitative estimate of drug-likeness (QED) is 0.696. The molecule has 0 bridgehead atoms. The van der Waals surface area contributed by atoms with Crippen molar-refractivity contribution in [3.63, 3.8) is 0 Å². The molecule has 2 aliphatic heterocycles. The number of likely N-dealkylation sites (tertiary alicyclic amines) is 2. The predicted molar refractivity (Wildman–Crippen MR) is 95.8 cm³/mol. The van der Waals surface area contributed by atoms with Gasteiger partial charge in [-0.15, -0.1) is 0 Å². The van der Waals surface area contributed by atoms with E-state index in [0.29, 0.717) is 11.1 Å². The molecule has 6 atom stereocenters. The van der Waals surface area contributed by atoms with E-state index in [9.17, 15) is 19.2 Å². The van der Waals surface area contributed by atoms with E-state index in [1.807, 2.05) is 37.3 Å². The van der Waals surface area contributed by atoms with Crippen LogP contribution in [0, 0.1) is 29.6 Å². The van der Waals surface area contributed by atoms with Crippen LogP contribution in [0.3, 0.4) is 0 Å². The smallest absolute Gasteiger partial charge is 0.250 e. The molecule has 0 spiro atoms. The molecule has 2 aliphatic carbocycles. The number of benzene rings is 1. The van der Waals surface area contributed by atoms with E-state index in [1.165, 1.54) is 11.9 Å². The number of nitrogens with zero attached hydrogens (tertiary/aromatic N) is 2. The Bertz CT molecular complexity index is 950. The number of Topliss-reactive ketones (excluding diaryl/α,β-unsaturated/α-hetero) is 1. The van der Waals surface area contributed by atoms with Gasteiger partial charge in [-0.25, -0.2) is 0 Å². The number of hydrogen-bond donors (Lipinski definition) is 0. The summed E-state index contributed by atoms with van der Waals surface area (Å²) in [7, 11) is 3.18. The molecule has 1 aromatic carbocycles. The topological polar surface area (TPSA) is 74.8 Å². The molecule has 1 saturated carbocycles. The van der Waals surface area contributed by atoms with Gasteiger partial charge in [-0.1, -0.05) is 37.3 Å². The first-order valence-electron chi connectivity index (χ1n) is 9.28. The van der Waals surface area contributed by atoms with Gasteiger partial charge in [0.2, 0.25) is 11.8 Å². The summed E-state index contributed by atoms with van der Waals surface area (Å²) in [5, 5.41) is 0. The minimum absolute atomic E-state index is 0.0617. The summed E-state index contributed by atoms with van der Waals surface area (Å²) in [5.41, 5.74) is 1.75. The Hall–Kier alpha value is -2.76. The fourth-order valence-electron chi connectivity index (χ4n) is 5.94. The van der Waals surface area contributed by atoms with Crippen LogP contribution in [0.15, 0.2) is 35.9 Å². The Morgan fingerprint density at radius 2 is 1.44 bits per heavy atom. The van der Waals surface area contributed by atoms with E-state index < -0.39 is 23.8 Å². The van der Waals surface area contributed by atoms with Gasteiger partial charge in [-0.05, 0) is 11.5 Å². The van der Waals surface area contributed by atoms with Crippen molar-refractivity contribution in [2.75, 3.05) is 14.1 Å². The van der Waals surface area contributed by atoms with Crippen molar-refractivity contribution in [2.45, 2.75) is 13.0 Å². The minimum atomic E-state index is -0.562. The van der Waals surface area contributed by atoms with Crippen molar-refractivity contribution < 1.29 is 19.2 Å². The lowest BCUT2D eigenvalue weighted by Crippen LogP contribution is -2.53. The molecule has 27 heavy (non-hydrogen) atoms. The van der Waals surface area contributed by atoms with Crippen molar-refractivity contribution in [3.05, 3.63) is 41.5 Å². The predicted octanol–water partition coefficient (Wildman–Crippen LogP) is 0.977. The van der Waals surface area contributed by atoms with Gasteiger partial charge >= 0.3 is 0 Å². The van der Waals surface area contributed by atoms with Crippen LogP contribution in [0.4, 0.5) is 0 Å². The van der Waals surface area contributed by atoms with Gasteiger partial charge < -0.3 is 4.90 Å². The van der Waals surface area contributed by atoms with Crippen LogP contribution in [-0.4, -0.2) is 53.4 Å². The second-order valence-electron chi connectivity index (χ2n) is 8.12. The maximum Gasteiger partial charge on any atom is 0.250 e. The highest BCUT2D eigenvalue weighted by Crippen LogP contribution is 2.59. The van der Waals surface area contributed by atoms with Crippen LogP contribution in [-0.2, 0) is 19.2 Å². The molecule has 6 heteroatoms. The minimum Gasteiger partial charge on any atom is -0.337 e. The van der Waals surface area contributed by atoms with E-state index >= 15 is 0 Å². The first-order chi connectivity index (χ1) is 12.9. The number of amides is 3. The number of imide groups is 1. The standard InChI is InChI=1S/C21H20N2O4/c1-9-11-14-15(13(18(11)24)10-7-5-4-6-8-10)20(26)22(2)17(14)16-12(9)19(25)23(3)21(16)27/h4-9,11-12,14,16-17H,1-3H3/t9-,11+,12-,14-,16-,17+/m0/s1. The van der Waals surface area contributed by atoms with Crippen LogP contribution in [0.5, 0.6) is 0 Å². The molecule has 0 radical (unpaired) electrons. The molecular weight excluding hydrogens is 344 g/mol. The summed E-state index contributed by atoms with van der Waals surface area (Å²) in [5.74, 6) is -2.84. The van der Waals surface area contributed by atoms with E-state index in [4.69, 9.17) is 0 Å². The third-order valence-electron chi connectivity index (χ3n) is 7.09. The lowest BCUT2D eigenvalue weighted by atomic mass is 9.61. The van der Waals surface area contributed by atoms with Gasteiger partial charge in [0, 0.05) is 37.1 Å². The number of hydrogen-bond acceptors (Lipinski definition) is 4. The monoisotopic (exact) mass is 364 g/mol. The van der Waals surface area contributed by atoms with Crippen LogP contribution in [0.25, 0.3) is 5.57 Å². The van der Waals surface area contributed by atoms with Crippen LogP contribution < -0.4 is 0 Å². The zero-order valence-corrected chi connectivity index (χ0v) is 15.4. The van der Waals surface area contributed by atoms with E-state index in [0.717, 1.165) is 5.56 Å². The van der Waals surface area contributed by atoms with Gasteiger partial charge in [0.1, 0.15) is 0 Å². The zero-order valence-electron chi connectivity index (χ0n) is 15.4. The Kier molecular flexibility index (Phi) is 3.13. The number of ketones is 1. The van der Waals surface area contributed by atoms with Gasteiger partial charge in [-0.3, -0.25) is 24.1 Å². The normalized spacial score (nSPS) is 37.4. The fraction of sp³-hybridized carbons (Fsp3) is 0.429. The molecule has 5 rings (SSSR count). The molecule has 138 valence electrons. The molecule has 2 saturated heterocycles. The number of fused-ring (bicyclic) bond motifs is 2. The van der Waals surface area contributed by atoms with Crippen LogP contribution in [0.1, 0.15) is 12.5 Å². The lowest BCUT2D eigenvalue weighted by Gasteiger charge is -2.42. The van der Waals surface area contributed by atoms with Gasteiger partial charge in [0.05, 0.1) is 17.9 Å². The highest BCUT2D eigenvalue weighted by atomic mass is 16.2. The largest absolute Gasteiger partial charge is 0.337 e. The van der Waals surface area contributed by atoms with E-state index in [1.54, 1.807) is 11.9 Å². The Morgan fingerprint density at radius 3 is 2.11 bits per heavy atom. The molecule has 0 aromatic heterocycles. The number of carbonyl (C=O) groups is 4. The average Bonchev–Trinajstić information content (AvgIpc) is 3.19. The van der Waals surface area contributed by atoms with Crippen molar-refractivity contribution >= 4 is 29.1 Å². The molecule has 4 aliphatic rings. The highest BCUT2D eigenvalue weighted by molar-refractivity contribution is 6.32. The second-order valence-corrected chi connectivity index (χ2v) is 8.12. The molecular formula is C21H20N2O4. The van der Waals surface area contributed by atoms with Gasteiger partial charge in [0.15, 0.2) is 5.78 Å². The molecule has 2 heterocycles. The summed E-state index contributed by atoms with van der Waals surface area (Å²) in [6, 6.07) is 8.82. The molecule has 6 nitrogen and oxygen atoms in total. The molecule has 0 unspecified atom stereocenters. The molecule has 1 aromatic rings. The van der Waals surface area contributed by atoms with Crippen LogP contribution >= 0.6 is 0 Å². The maximum atomic E-state index is 13.4. The number of likely N-dealkylation sites (N-methyl/N-ethyl adjacent to an activating group) is 1. The van der Waals surface area contributed by atoms with Crippen molar-refractivity contribution in [1.29, 1.82) is 0 Å². The molecule has 3 amide bonds. The zero-order chi connectivity index (χ0) is 19.2. The summed E-state index contributed by atoms with van der Waals surface area (Å²) in [6.07, 6.45) is 0. The van der Waals surface area contributed by atoms with E-state index in [2.05, 4.69) is 0 Å². The molecule has 0 N–H and O–H groups in total. The Balaban J connectivity index is 1.74. The third kappa shape index (κ3) is 1.76.